The Hall–Kier alpha value is -3.09. The van der Waals surface area contributed by atoms with E-state index in [1.807, 2.05) is 50.2 Å². The molecule has 2 heterocycles. The van der Waals surface area contributed by atoms with Gasteiger partial charge in [0.2, 0.25) is 0 Å². The molecule has 0 bridgehead atoms. The standard InChI is InChI=1S/C17H20N6O/c1-11-7-5-9-15(18-11)13(3)20-22-17(24)23-21-14(4)16-10-6-8-12(2)19-16/h5-10H,1-4H3,(H2,22,23,24)/b20-13+,21-14+. The zero-order chi connectivity index (χ0) is 17.5. The van der Waals surface area contributed by atoms with Crippen LogP contribution in [0.2, 0.25) is 0 Å². The quantitative estimate of drug-likeness (QED) is 0.669. The number of rotatable bonds is 4. The van der Waals surface area contributed by atoms with Gasteiger partial charge in [-0.2, -0.15) is 10.2 Å². The van der Waals surface area contributed by atoms with E-state index in [9.17, 15) is 4.79 Å². The Morgan fingerprint density at radius 2 is 1.25 bits per heavy atom. The van der Waals surface area contributed by atoms with Crippen LogP contribution in [0.1, 0.15) is 36.6 Å². The van der Waals surface area contributed by atoms with Crippen LogP contribution < -0.4 is 10.9 Å². The molecule has 0 unspecified atom stereocenters. The number of hydrazone groups is 2. The van der Waals surface area contributed by atoms with Gasteiger partial charge in [0.1, 0.15) is 0 Å². The smallest absolute Gasteiger partial charge is 0.252 e. The first-order valence-electron chi connectivity index (χ1n) is 7.48. The number of nitrogens with zero attached hydrogens (tertiary/aromatic N) is 4. The highest BCUT2D eigenvalue weighted by atomic mass is 16.2. The van der Waals surface area contributed by atoms with Crippen LogP contribution in [-0.4, -0.2) is 27.4 Å². The maximum Gasteiger partial charge on any atom is 0.355 e. The summed E-state index contributed by atoms with van der Waals surface area (Å²) in [7, 11) is 0. The number of hydrogen-bond donors (Lipinski definition) is 2. The average molecular weight is 324 g/mol. The van der Waals surface area contributed by atoms with E-state index in [2.05, 4.69) is 31.0 Å². The Morgan fingerprint density at radius 1 is 0.833 bits per heavy atom. The Bertz CT molecular complexity index is 732. The lowest BCUT2D eigenvalue weighted by molar-refractivity contribution is 0.242. The first-order valence-corrected chi connectivity index (χ1v) is 7.48. The van der Waals surface area contributed by atoms with Crippen molar-refractivity contribution >= 4 is 17.5 Å². The van der Waals surface area contributed by atoms with Crippen LogP contribution in [-0.2, 0) is 0 Å². The number of aromatic nitrogens is 2. The molecule has 2 rings (SSSR count). The van der Waals surface area contributed by atoms with Crippen molar-refractivity contribution in [1.82, 2.24) is 20.8 Å². The molecule has 0 aliphatic rings. The minimum Gasteiger partial charge on any atom is -0.252 e. The lowest BCUT2D eigenvalue weighted by atomic mass is 10.2. The number of carbonyl (C=O) groups is 1. The zero-order valence-electron chi connectivity index (χ0n) is 14.2. The number of carbonyl (C=O) groups excluding carboxylic acids is 1. The molecule has 124 valence electrons. The van der Waals surface area contributed by atoms with Gasteiger partial charge in [0.25, 0.3) is 0 Å². The van der Waals surface area contributed by atoms with Crippen molar-refractivity contribution in [3.05, 3.63) is 59.2 Å². The zero-order valence-corrected chi connectivity index (χ0v) is 14.2. The van der Waals surface area contributed by atoms with E-state index in [-0.39, 0.29) is 0 Å². The van der Waals surface area contributed by atoms with Crippen molar-refractivity contribution in [1.29, 1.82) is 0 Å². The van der Waals surface area contributed by atoms with Crippen molar-refractivity contribution in [3.8, 4) is 0 Å². The number of hydrogen-bond acceptors (Lipinski definition) is 5. The third-order valence-electron chi connectivity index (χ3n) is 3.17. The molecule has 0 radical (unpaired) electrons. The molecule has 7 nitrogen and oxygen atoms in total. The van der Waals surface area contributed by atoms with Gasteiger partial charge >= 0.3 is 6.03 Å². The minimum absolute atomic E-state index is 0.533. The first-order chi connectivity index (χ1) is 11.5. The molecule has 24 heavy (non-hydrogen) atoms. The summed E-state index contributed by atoms with van der Waals surface area (Å²) in [4.78, 5) is 20.4. The highest BCUT2D eigenvalue weighted by Gasteiger charge is 2.03. The molecule has 0 spiro atoms. The number of nitrogens with one attached hydrogen (secondary N) is 2. The lowest BCUT2D eigenvalue weighted by Gasteiger charge is -2.04. The molecule has 0 fully saturated rings. The van der Waals surface area contributed by atoms with Crippen LogP contribution in [0.4, 0.5) is 4.79 Å². The molecule has 0 aliphatic carbocycles. The van der Waals surface area contributed by atoms with Gasteiger partial charge in [0.15, 0.2) is 0 Å². The van der Waals surface area contributed by atoms with Crippen LogP contribution >= 0.6 is 0 Å². The van der Waals surface area contributed by atoms with Gasteiger partial charge in [-0.05, 0) is 52.0 Å². The fourth-order valence-electron chi connectivity index (χ4n) is 1.90. The maximum absolute atomic E-state index is 11.8. The van der Waals surface area contributed by atoms with Gasteiger partial charge in [-0.3, -0.25) is 9.97 Å². The van der Waals surface area contributed by atoms with Crippen molar-refractivity contribution in [2.24, 2.45) is 10.2 Å². The fourth-order valence-corrected chi connectivity index (χ4v) is 1.90. The summed E-state index contributed by atoms with van der Waals surface area (Å²) in [6.07, 6.45) is 0. The Kier molecular flexibility index (Phi) is 5.73. The summed E-state index contributed by atoms with van der Waals surface area (Å²) in [5, 5.41) is 8.01. The lowest BCUT2D eigenvalue weighted by Crippen LogP contribution is -2.30. The minimum atomic E-state index is -0.533. The normalized spacial score (nSPS) is 12.0. The van der Waals surface area contributed by atoms with Crippen molar-refractivity contribution in [2.45, 2.75) is 27.7 Å². The molecular formula is C17H20N6O. The maximum atomic E-state index is 11.8. The van der Waals surface area contributed by atoms with E-state index < -0.39 is 6.03 Å². The van der Waals surface area contributed by atoms with Gasteiger partial charge in [-0.1, -0.05) is 12.1 Å². The predicted octanol–water partition coefficient (Wildman–Crippen LogP) is 2.54. The third kappa shape index (κ3) is 4.98. The molecule has 0 saturated heterocycles. The molecule has 0 aliphatic heterocycles. The second-order valence-corrected chi connectivity index (χ2v) is 5.28. The highest BCUT2D eigenvalue weighted by Crippen LogP contribution is 2.00. The van der Waals surface area contributed by atoms with Crippen LogP contribution in [0, 0.1) is 13.8 Å². The van der Waals surface area contributed by atoms with Gasteiger partial charge in [0, 0.05) is 11.4 Å². The summed E-state index contributed by atoms with van der Waals surface area (Å²) >= 11 is 0. The Labute approximate surface area is 140 Å². The molecule has 7 heteroatoms. The van der Waals surface area contributed by atoms with Gasteiger partial charge in [-0.25, -0.2) is 15.6 Å². The second-order valence-electron chi connectivity index (χ2n) is 5.28. The molecule has 2 aromatic heterocycles. The second kappa shape index (κ2) is 7.96. The summed E-state index contributed by atoms with van der Waals surface area (Å²) in [6.45, 7) is 7.34. The number of urea groups is 1. The van der Waals surface area contributed by atoms with Crippen molar-refractivity contribution in [2.75, 3.05) is 0 Å². The van der Waals surface area contributed by atoms with E-state index in [0.29, 0.717) is 22.8 Å². The molecule has 0 saturated carbocycles. The van der Waals surface area contributed by atoms with Crippen LogP contribution in [0.25, 0.3) is 0 Å². The third-order valence-corrected chi connectivity index (χ3v) is 3.17. The Balaban J connectivity index is 1.95. The van der Waals surface area contributed by atoms with Crippen LogP contribution in [0.15, 0.2) is 46.6 Å². The van der Waals surface area contributed by atoms with E-state index in [4.69, 9.17) is 0 Å². The number of aryl methyl sites for hydroxylation is 2. The molecule has 0 aromatic carbocycles. The average Bonchev–Trinajstić information content (AvgIpc) is 2.57. The number of pyridine rings is 2. The topological polar surface area (TPSA) is 91.6 Å². The summed E-state index contributed by atoms with van der Waals surface area (Å²) in [6, 6.07) is 10.7. The van der Waals surface area contributed by atoms with E-state index in [1.165, 1.54) is 0 Å². The largest absolute Gasteiger partial charge is 0.355 e. The molecule has 2 amide bonds. The molecule has 0 atom stereocenters. The van der Waals surface area contributed by atoms with Gasteiger partial charge in [-0.15, -0.1) is 0 Å². The molecule has 2 aromatic rings. The van der Waals surface area contributed by atoms with E-state index >= 15 is 0 Å². The van der Waals surface area contributed by atoms with Crippen LogP contribution in [0.3, 0.4) is 0 Å². The first kappa shape index (κ1) is 17.3. The van der Waals surface area contributed by atoms with Crippen molar-refractivity contribution < 1.29 is 4.79 Å². The van der Waals surface area contributed by atoms with Gasteiger partial charge < -0.3 is 0 Å². The summed E-state index contributed by atoms with van der Waals surface area (Å²) < 4.78 is 0. The summed E-state index contributed by atoms with van der Waals surface area (Å²) in [5.41, 5.74) is 9.18. The van der Waals surface area contributed by atoms with Gasteiger partial charge in [0.05, 0.1) is 22.8 Å². The van der Waals surface area contributed by atoms with Crippen molar-refractivity contribution in [3.63, 3.8) is 0 Å². The van der Waals surface area contributed by atoms with Crippen LogP contribution in [0.5, 0.6) is 0 Å². The Morgan fingerprint density at radius 3 is 1.62 bits per heavy atom. The summed E-state index contributed by atoms with van der Waals surface area (Å²) in [5.74, 6) is 0. The predicted molar refractivity (Wildman–Crippen MR) is 94.0 cm³/mol. The highest BCUT2D eigenvalue weighted by molar-refractivity contribution is 5.98. The molecular weight excluding hydrogens is 304 g/mol. The molecule has 2 N–H and O–H groups in total. The SMILES string of the molecule is C/C(=N\NC(=O)N/N=C(\C)c1cccc(C)n1)c1cccc(C)n1. The monoisotopic (exact) mass is 324 g/mol. The fraction of sp³-hybridized carbons (Fsp3) is 0.235. The number of amides is 2. The van der Waals surface area contributed by atoms with E-state index in [0.717, 1.165) is 11.4 Å². The van der Waals surface area contributed by atoms with E-state index in [1.54, 1.807) is 13.8 Å².